The van der Waals surface area contributed by atoms with E-state index in [9.17, 15) is 9.59 Å². The van der Waals surface area contributed by atoms with Crippen molar-refractivity contribution in [3.63, 3.8) is 0 Å². The van der Waals surface area contributed by atoms with Crippen LogP contribution in [-0.4, -0.2) is 17.1 Å². The summed E-state index contributed by atoms with van der Waals surface area (Å²) in [5, 5.41) is 5.17. The summed E-state index contributed by atoms with van der Waals surface area (Å²) in [7, 11) is 0. The molecule has 0 radical (unpaired) electrons. The number of amides is 2. The third-order valence-corrected chi connectivity index (χ3v) is 4.39. The summed E-state index contributed by atoms with van der Waals surface area (Å²) < 4.78 is 5.14. The first-order valence-electron chi connectivity index (χ1n) is 6.58. The highest BCUT2D eigenvalue weighted by atomic mass is 32.2. The molecule has 1 aromatic carbocycles. The number of fused-ring (bicyclic) bond motifs is 1. The number of carbonyl (C=O) groups excluding carboxylic acids is 2. The van der Waals surface area contributed by atoms with Crippen LogP contribution in [-0.2, 0) is 16.1 Å². The van der Waals surface area contributed by atoms with E-state index in [-0.39, 0.29) is 18.2 Å². The molecule has 1 aromatic heterocycles. The van der Waals surface area contributed by atoms with Crippen molar-refractivity contribution in [2.24, 2.45) is 0 Å². The van der Waals surface area contributed by atoms with Gasteiger partial charge in [-0.25, -0.2) is 0 Å². The van der Waals surface area contributed by atoms with Crippen molar-refractivity contribution in [1.82, 2.24) is 5.32 Å². The lowest BCUT2D eigenvalue weighted by Crippen LogP contribution is -2.34. The van der Waals surface area contributed by atoms with E-state index in [1.54, 1.807) is 18.4 Å². The third-order valence-electron chi connectivity index (χ3n) is 3.12. The van der Waals surface area contributed by atoms with Crippen LogP contribution in [0.4, 0.5) is 5.69 Å². The van der Waals surface area contributed by atoms with Crippen LogP contribution in [0.1, 0.15) is 12.2 Å². The van der Waals surface area contributed by atoms with Gasteiger partial charge in [-0.2, -0.15) is 0 Å². The molecule has 1 aliphatic rings. The Hall–Kier alpha value is -2.21. The molecule has 0 saturated heterocycles. The molecule has 0 saturated carbocycles. The molecule has 0 aliphatic carbocycles. The van der Waals surface area contributed by atoms with Gasteiger partial charge in [0.2, 0.25) is 11.8 Å². The topological polar surface area (TPSA) is 71.3 Å². The molecule has 3 rings (SSSR count). The number of thioether (sulfide) groups is 1. The molecule has 1 aliphatic heterocycles. The standard InChI is InChI=1S/C15H14N2O3S/c18-14(16-9-10-4-3-7-20-10)8-13-15(19)17-11-5-1-2-6-12(11)21-13/h1-7,13H,8-9H2,(H,16,18)(H,17,19)/t13-/m0/s1. The Kier molecular flexibility index (Phi) is 3.96. The second kappa shape index (κ2) is 6.05. The van der Waals surface area contributed by atoms with E-state index in [2.05, 4.69) is 10.6 Å². The Bertz CT molecular complexity index is 655. The van der Waals surface area contributed by atoms with Gasteiger partial charge in [-0.15, -0.1) is 11.8 Å². The first-order chi connectivity index (χ1) is 10.2. The molecule has 2 N–H and O–H groups in total. The second-order valence-corrected chi connectivity index (χ2v) is 5.90. The van der Waals surface area contributed by atoms with Gasteiger partial charge in [-0.3, -0.25) is 9.59 Å². The average molecular weight is 302 g/mol. The Morgan fingerprint density at radius 2 is 2.14 bits per heavy atom. The molecule has 0 spiro atoms. The zero-order valence-electron chi connectivity index (χ0n) is 11.2. The molecule has 2 aromatic rings. The average Bonchev–Trinajstić information content (AvgIpc) is 2.99. The van der Waals surface area contributed by atoms with E-state index in [4.69, 9.17) is 4.42 Å². The maximum Gasteiger partial charge on any atom is 0.238 e. The van der Waals surface area contributed by atoms with Crippen molar-refractivity contribution < 1.29 is 14.0 Å². The van der Waals surface area contributed by atoms with Crippen LogP contribution in [0.2, 0.25) is 0 Å². The SMILES string of the molecule is O=C(C[C@@H]1Sc2ccccc2NC1=O)NCc1ccco1. The molecule has 6 heteroatoms. The lowest BCUT2D eigenvalue weighted by Gasteiger charge is -2.23. The van der Waals surface area contributed by atoms with Crippen LogP contribution >= 0.6 is 11.8 Å². The summed E-state index contributed by atoms with van der Waals surface area (Å²) in [6.07, 6.45) is 1.70. The van der Waals surface area contributed by atoms with Crippen LogP contribution in [0.15, 0.2) is 52.0 Å². The quantitative estimate of drug-likeness (QED) is 0.909. The molecular formula is C15H14N2O3S. The van der Waals surface area contributed by atoms with E-state index in [0.717, 1.165) is 10.6 Å². The van der Waals surface area contributed by atoms with Crippen molar-refractivity contribution in [3.8, 4) is 0 Å². The number of anilines is 1. The smallest absolute Gasteiger partial charge is 0.238 e. The van der Waals surface area contributed by atoms with E-state index in [0.29, 0.717) is 12.3 Å². The fraction of sp³-hybridized carbons (Fsp3) is 0.200. The minimum Gasteiger partial charge on any atom is -0.467 e. The number of rotatable bonds is 4. The van der Waals surface area contributed by atoms with Crippen LogP contribution in [0.25, 0.3) is 0 Å². The molecule has 1 atom stereocenters. The van der Waals surface area contributed by atoms with E-state index < -0.39 is 5.25 Å². The van der Waals surface area contributed by atoms with Crippen molar-refractivity contribution in [3.05, 3.63) is 48.4 Å². The van der Waals surface area contributed by atoms with Crippen molar-refractivity contribution in [2.45, 2.75) is 23.1 Å². The number of benzene rings is 1. The maximum absolute atomic E-state index is 12.0. The Balaban J connectivity index is 1.57. The summed E-state index contributed by atoms with van der Waals surface area (Å²) >= 11 is 1.42. The predicted molar refractivity (Wildman–Crippen MR) is 79.9 cm³/mol. The zero-order chi connectivity index (χ0) is 14.7. The van der Waals surface area contributed by atoms with Crippen LogP contribution < -0.4 is 10.6 Å². The number of carbonyl (C=O) groups is 2. The minimum absolute atomic E-state index is 0.133. The van der Waals surface area contributed by atoms with Crippen LogP contribution in [0, 0.1) is 0 Å². The molecule has 2 heterocycles. The van der Waals surface area contributed by atoms with E-state index in [1.807, 2.05) is 24.3 Å². The molecule has 0 bridgehead atoms. The largest absolute Gasteiger partial charge is 0.467 e. The summed E-state index contributed by atoms with van der Waals surface area (Å²) in [4.78, 5) is 24.9. The zero-order valence-corrected chi connectivity index (χ0v) is 12.0. The van der Waals surface area contributed by atoms with Crippen molar-refractivity contribution in [1.29, 1.82) is 0 Å². The van der Waals surface area contributed by atoms with Crippen LogP contribution in [0.5, 0.6) is 0 Å². The number of hydrogen-bond acceptors (Lipinski definition) is 4. The fourth-order valence-corrected chi connectivity index (χ4v) is 3.18. The van der Waals surface area contributed by atoms with Crippen LogP contribution in [0.3, 0.4) is 0 Å². The Labute approximate surface area is 126 Å². The van der Waals surface area contributed by atoms with Gasteiger partial charge in [-0.05, 0) is 24.3 Å². The first-order valence-corrected chi connectivity index (χ1v) is 7.46. The molecule has 0 fully saturated rings. The normalized spacial score (nSPS) is 17.0. The summed E-state index contributed by atoms with van der Waals surface area (Å²) in [6, 6.07) is 11.1. The number of nitrogens with one attached hydrogen (secondary N) is 2. The number of para-hydroxylation sites is 1. The first kappa shape index (κ1) is 13.8. The van der Waals surface area contributed by atoms with E-state index >= 15 is 0 Å². The minimum atomic E-state index is -0.406. The molecule has 0 unspecified atom stereocenters. The fourth-order valence-electron chi connectivity index (χ4n) is 2.07. The predicted octanol–water partition coefficient (Wildman–Crippen LogP) is 2.40. The summed E-state index contributed by atoms with van der Waals surface area (Å²) in [6.45, 7) is 0.335. The van der Waals surface area contributed by atoms with Gasteiger partial charge in [-0.1, -0.05) is 12.1 Å². The molecular weight excluding hydrogens is 288 g/mol. The monoisotopic (exact) mass is 302 g/mol. The highest BCUT2D eigenvalue weighted by molar-refractivity contribution is 8.01. The molecule has 108 valence electrons. The lowest BCUT2D eigenvalue weighted by atomic mass is 10.2. The molecule has 21 heavy (non-hydrogen) atoms. The van der Waals surface area contributed by atoms with Gasteiger partial charge in [0.1, 0.15) is 5.76 Å². The Morgan fingerprint density at radius 1 is 1.29 bits per heavy atom. The third kappa shape index (κ3) is 3.28. The van der Waals surface area contributed by atoms with Crippen molar-refractivity contribution >= 4 is 29.3 Å². The van der Waals surface area contributed by atoms with Gasteiger partial charge in [0.15, 0.2) is 0 Å². The van der Waals surface area contributed by atoms with Gasteiger partial charge in [0.25, 0.3) is 0 Å². The maximum atomic E-state index is 12.0. The highest BCUT2D eigenvalue weighted by Crippen LogP contribution is 2.36. The number of hydrogen-bond donors (Lipinski definition) is 2. The molecule has 5 nitrogen and oxygen atoms in total. The van der Waals surface area contributed by atoms with Gasteiger partial charge in [0.05, 0.1) is 23.7 Å². The Morgan fingerprint density at radius 3 is 2.95 bits per heavy atom. The van der Waals surface area contributed by atoms with Gasteiger partial charge in [0, 0.05) is 11.3 Å². The van der Waals surface area contributed by atoms with E-state index in [1.165, 1.54) is 11.8 Å². The van der Waals surface area contributed by atoms with Gasteiger partial charge < -0.3 is 15.1 Å². The second-order valence-electron chi connectivity index (χ2n) is 4.65. The summed E-state index contributed by atoms with van der Waals surface area (Å²) in [5.41, 5.74) is 0.805. The van der Waals surface area contributed by atoms with Gasteiger partial charge >= 0.3 is 0 Å². The highest BCUT2D eigenvalue weighted by Gasteiger charge is 2.28. The lowest BCUT2D eigenvalue weighted by molar-refractivity contribution is -0.124. The number of furan rings is 1. The molecule has 2 amide bonds. The van der Waals surface area contributed by atoms with Crippen molar-refractivity contribution in [2.75, 3.05) is 5.32 Å². The summed E-state index contributed by atoms with van der Waals surface area (Å²) in [5.74, 6) is 0.389.